The molecule has 0 saturated carbocycles. The van der Waals surface area contributed by atoms with Gasteiger partial charge in [0, 0.05) is 38.3 Å². The molecule has 1 fully saturated rings. The summed E-state index contributed by atoms with van der Waals surface area (Å²) in [5.41, 5.74) is 0.0988. The summed E-state index contributed by atoms with van der Waals surface area (Å²) in [4.78, 5) is 7.11. The van der Waals surface area contributed by atoms with E-state index in [0.717, 1.165) is 63.8 Å². The van der Waals surface area contributed by atoms with Crippen molar-refractivity contribution in [3.63, 3.8) is 0 Å². The molecule has 1 aliphatic heterocycles. The molecule has 138 valence electrons. The molecule has 0 bridgehead atoms. The van der Waals surface area contributed by atoms with Crippen molar-refractivity contribution in [2.24, 2.45) is 4.99 Å². The number of nitrogens with zero attached hydrogens (tertiary/aromatic N) is 2. The standard InChI is InChI=1S/C17H30N4O2.HI/c1-4-18-16(19-10-7-15-6-5-11-23-15)20-14-17(21(2)3)8-12-22-13-9-17;/h5-6,11H,4,7-10,12-14H2,1-3H3,(H2,18,19,20);1H. The van der Waals surface area contributed by atoms with Crippen LogP contribution in [0.15, 0.2) is 27.8 Å². The second kappa shape index (κ2) is 10.9. The number of guanidine groups is 1. The van der Waals surface area contributed by atoms with Gasteiger partial charge in [0.1, 0.15) is 5.76 Å². The highest BCUT2D eigenvalue weighted by atomic mass is 127. The van der Waals surface area contributed by atoms with Gasteiger partial charge < -0.3 is 24.7 Å². The van der Waals surface area contributed by atoms with Crippen LogP contribution in [0, 0.1) is 0 Å². The van der Waals surface area contributed by atoms with Gasteiger partial charge in [-0.15, -0.1) is 24.0 Å². The minimum Gasteiger partial charge on any atom is -0.469 e. The molecular formula is C17H31IN4O2. The van der Waals surface area contributed by atoms with Gasteiger partial charge in [-0.05, 0) is 46.0 Å². The van der Waals surface area contributed by atoms with E-state index in [9.17, 15) is 0 Å². The Bertz CT molecular complexity index is 471. The molecule has 2 rings (SSSR count). The largest absolute Gasteiger partial charge is 0.469 e. The third-order valence-electron chi connectivity index (χ3n) is 4.49. The monoisotopic (exact) mass is 450 g/mol. The van der Waals surface area contributed by atoms with Crippen molar-refractivity contribution in [1.29, 1.82) is 0 Å². The van der Waals surface area contributed by atoms with Crippen molar-refractivity contribution in [2.45, 2.75) is 31.7 Å². The zero-order chi connectivity index (χ0) is 16.5. The quantitative estimate of drug-likeness (QED) is 0.379. The average molecular weight is 450 g/mol. The van der Waals surface area contributed by atoms with Crippen molar-refractivity contribution in [3.05, 3.63) is 24.2 Å². The molecule has 2 N–H and O–H groups in total. The third-order valence-corrected chi connectivity index (χ3v) is 4.49. The first-order valence-electron chi connectivity index (χ1n) is 8.46. The maximum atomic E-state index is 5.52. The zero-order valence-corrected chi connectivity index (χ0v) is 17.3. The molecule has 1 saturated heterocycles. The van der Waals surface area contributed by atoms with Crippen LogP contribution in [0.1, 0.15) is 25.5 Å². The lowest BCUT2D eigenvalue weighted by Crippen LogP contribution is -2.51. The highest BCUT2D eigenvalue weighted by Crippen LogP contribution is 2.26. The Morgan fingerprint density at radius 2 is 2.04 bits per heavy atom. The van der Waals surface area contributed by atoms with Gasteiger partial charge in [-0.2, -0.15) is 0 Å². The molecule has 0 aliphatic carbocycles. The van der Waals surface area contributed by atoms with E-state index in [4.69, 9.17) is 14.1 Å². The lowest BCUT2D eigenvalue weighted by Gasteiger charge is -2.41. The predicted octanol–water partition coefficient (Wildman–Crippen LogP) is 2.11. The first-order chi connectivity index (χ1) is 11.2. The summed E-state index contributed by atoms with van der Waals surface area (Å²) in [6, 6.07) is 3.91. The maximum absolute atomic E-state index is 5.52. The number of rotatable bonds is 7. The minimum atomic E-state index is 0. The average Bonchev–Trinajstić information content (AvgIpc) is 3.07. The number of nitrogens with one attached hydrogen (secondary N) is 2. The number of ether oxygens (including phenoxy) is 1. The lowest BCUT2D eigenvalue weighted by molar-refractivity contribution is -0.00254. The van der Waals surface area contributed by atoms with E-state index < -0.39 is 0 Å². The smallest absolute Gasteiger partial charge is 0.191 e. The summed E-state index contributed by atoms with van der Waals surface area (Å²) >= 11 is 0. The molecule has 1 aliphatic rings. The van der Waals surface area contributed by atoms with Gasteiger partial charge in [-0.3, -0.25) is 4.99 Å². The van der Waals surface area contributed by atoms with Crippen LogP contribution in [0.5, 0.6) is 0 Å². The van der Waals surface area contributed by atoms with Gasteiger partial charge in [0.05, 0.1) is 12.8 Å². The van der Waals surface area contributed by atoms with Crippen LogP contribution >= 0.6 is 24.0 Å². The van der Waals surface area contributed by atoms with Crippen LogP contribution in [0.2, 0.25) is 0 Å². The highest BCUT2D eigenvalue weighted by molar-refractivity contribution is 14.0. The van der Waals surface area contributed by atoms with Crippen molar-refractivity contribution in [2.75, 3.05) is 46.9 Å². The van der Waals surface area contributed by atoms with Crippen LogP contribution in [-0.2, 0) is 11.2 Å². The summed E-state index contributed by atoms with van der Waals surface area (Å²) in [6.45, 7) is 6.15. The number of hydrogen-bond donors (Lipinski definition) is 2. The van der Waals surface area contributed by atoms with E-state index in [0.29, 0.717) is 0 Å². The molecule has 0 aromatic carbocycles. The third kappa shape index (κ3) is 6.25. The SMILES string of the molecule is CCNC(=NCC1(N(C)C)CCOCC1)NCCc1ccco1.I. The number of hydrogen-bond acceptors (Lipinski definition) is 4. The first kappa shape index (κ1) is 21.2. The topological polar surface area (TPSA) is 62.0 Å². The molecule has 0 amide bonds. The van der Waals surface area contributed by atoms with Crippen molar-refractivity contribution in [1.82, 2.24) is 15.5 Å². The molecule has 1 aromatic heterocycles. The zero-order valence-electron chi connectivity index (χ0n) is 15.0. The first-order valence-corrected chi connectivity index (χ1v) is 8.46. The summed E-state index contributed by atoms with van der Waals surface area (Å²) < 4.78 is 10.9. The molecule has 1 aromatic rings. The van der Waals surface area contributed by atoms with Crippen LogP contribution in [0.25, 0.3) is 0 Å². The van der Waals surface area contributed by atoms with Crippen LogP contribution in [0.4, 0.5) is 0 Å². The molecule has 7 heteroatoms. The Morgan fingerprint density at radius 1 is 1.29 bits per heavy atom. The summed E-state index contributed by atoms with van der Waals surface area (Å²) in [6.07, 6.45) is 4.61. The van der Waals surface area contributed by atoms with Crippen molar-refractivity contribution < 1.29 is 9.15 Å². The normalized spacial score (nSPS) is 17.4. The second-order valence-electron chi connectivity index (χ2n) is 6.18. The van der Waals surface area contributed by atoms with Crippen LogP contribution in [0.3, 0.4) is 0 Å². The van der Waals surface area contributed by atoms with Gasteiger partial charge in [0.15, 0.2) is 5.96 Å². The fourth-order valence-electron chi connectivity index (χ4n) is 2.83. The van der Waals surface area contributed by atoms with Gasteiger partial charge >= 0.3 is 0 Å². The van der Waals surface area contributed by atoms with Crippen LogP contribution in [-0.4, -0.2) is 63.3 Å². The lowest BCUT2D eigenvalue weighted by atomic mass is 9.89. The van der Waals surface area contributed by atoms with Crippen LogP contribution < -0.4 is 10.6 Å². The Balaban J connectivity index is 0.00000288. The predicted molar refractivity (Wildman–Crippen MR) is 108 cm³/mol. The van der Waals surface area contributed by atoms with E-state index in [1.165, 1.54) is 0 Å². The maximum Gasteiger partial charge on any atom is 0.191 e. The number of furan rings is 1. The van der Waals surface area contributed by atoms with Gasteiger partial charge in [-0.25, -0.2) is 0 Å². The summed E-state index contributed by atoms with van der Waals surface area (Å²) in [5.74, 6) is 1.86. The Hall–Kier alpha value is -0.800. The fourth-order valence-corrected chi connectivity index (χ4v) is 2.83. The molecular weight excluding hydrogens is 419 g/mol. The minimum absolute atomic E-state index is 0. The molecule has 0 radical (unpaired) electrons. The fraction of sp³-hybridized carbons (Fsp3) is 0.706. The van der Waals surface area contributed by atoms with E-state index in [1.54, 1.807) is 6.26 Å². The Kier molecular flexibility index (Phi) is 9.68. The molecule has 0 spiro atoms. The highest BCUT2D eigenvalue weighted by Gasteiger charge is 2.34. The number of likely N-dealkylation sites (N-methyl/N-ethyl adjacent to an activating group) is 1. The van der Waals surface area contributed by atoms with E-state index in [-0.39, 0.29) is 29.5 Å². The van der Waals surface area contributed by atoms with E-state index in [2.05, 4.69) is 36.6 Å². The second-order valence-corrected chi connectivity index (χ2v) is 6.18. The van der Waals surface area contributed by atoms with Crippen molar-refractivity contribution >= 4 is 29.9 Å². The van der Waals surface area contributed by atoms with Gasteiger partial charge in [0.2, 0.25) is 0 Å². The molecule has 24 heavy (non-hydrogen) atoms. The number of halogens is 1. The molecule has 0 unspecified atom stereocenters. The summed E-state index contributed by atoms with van der Waals surface area (Å²) in [7, 11) is 4.27. The van der Waals surface area contributed by atoms with Gasteiger partial charge in [0.25, 0.3) is 0 Å². The van der Waals surface area contributed by atoms with E-state index >= 15 is 0 Å². The van der Waals surface area contributed by atoms with E-state index in [1.807, 2.05) is 12.1 Å². The summed E-state index contributed by atoms with van der Waals surface area (Å²) in [5, 5.41) is 6.70. The molecule has 0 atom stereocenters. The number of aliphatic imine (C=N–C) groups is 1. The van der Waals surface area contributed by atoms with Crippen molar-refractivity contribution in [3.8, 4) is 0 Å². The Morgan fingerprint density at radius 3 is 2.62 bits per heavy atom. The van der Waals surface area contributed by atoms with Gasteiger partial charge in [-0.1, -0.05) is 0 Å². The molecule has 6 nitrogen and oxygen atoms in total. The Labute approximate surface area is 162 Å². The molecule has 2 heterocycles.